The first kappa shape index (κ1) is 14.5. The number of hydrogen-bond acceptors (Lipinski definition) is 3. The summed E-state index contributed by atoms with van der Waals surface area (Å²) in [5, 5.41) is 0. The van der Waals surface area contributed by atoms with Crippen molar-refractivity contribution < 1.29 is 17.1 Å². The molecule has 0 aromatic rings. The van der Waals surface area contributed by atoms with Crippen LogP contribution in [-0.4, -0.2) is 38.8 Å². The van der Waals surface area contributed by atoms with Crippen LogP contribution in [0.4, 0.5) is 0 Å². The maximum atomic E-state index is 9.22. The van der Waals surface area contributed by atoms with Crippen LogP contribution < -0.4 is 0 Å². The molecule has 0 spiro atoms. The lowest BCUT2D eigenvalue weighted by atomic mass is 10.5. The average molecular weight is 231 g/mol. The summed E-state index contributed by atoms with van der Waals surface area (Å²) >= 11 is -1.60. The third-order valence-corrected chi connectivity index (χ3v) is 2.94. The zero-order valence-electron chi connectivity index (χ0n) is 9.95. The van der Waals surface area contributed by atoms with Crippen LogP contribution in [-0.2, 0) is 12.3 Å². The highest BCUT2D eigenvalue weighted by Gasteiger charge is 2.07. The van der Waals surface area contributed by atoms with Crippen LogP contribution in [0.15, 0.2) is 11.8 Å². The quantitative estimate of drug-likeness (QED) is 0.221. The monoisotopic (exact) mass is 231 g/mol. The largest absolute Gasteiger partial charge is 0.799 e. The maximum absolute atomic E-state index is 9.22. The molecule has 0 amide bonds. The highest BCUT2D eigenvalue weighted by Crippen LogP contribution is 2.01. The van der Waals surface area contributed by atoms with Crippen LogP contribution in [0.5, 0.6) is 0 Å². The smallest absolute Gasteiger partial charge is 0.513 e. The second-order valence-electron chi connectivity index (χ2n) is 3.08. The van der Waals surface area contributed by atoms with Crippen molar-refractivity contribution >= 4 is 20.8 Å². The Morgan fingerprint density at radius 3 is 2.60 bits per heavy atom. The summed E-state index contributed by atoms with van der Waals surface area (Å²) in [4.78, 5) is 9.22. The fourth-order valence-corrected chi connectivity index (χ4v) is 2.20. The van der Waals surface area contributed by atoms with E-state index in [0.29, 0.717) is 12.4 Å². The van der Waals surface area contributed by atoms with E-state index in [1.54, 1.807) is 6.92 Å². The fourth-order valence-electron chi connectivity index (χ4n) is 0.977. The van der Waals surface area contributed by atoms with Gasteiger partial charge in [-0.1, -0.05) is 6.92 Å². The number of allylic oxidation sites excluding steroid dienone is 1. The van der Waals surface area contributed by atoms with Gasteiger partial charge in [-0.3, -0.25) is 0 Å². The molecule has 87 valence electrons. The second-order valence-corrected chi connectivity index (χ2v) is 4.79. The Morgan fingerprint density at radius 1 is 1.40 bits per heavy atom. The molecule has 0 saturated carbocycles. The molecule has 5 heteroatoms. The topological polar surface area (TPSA) is 49.1 Å². The molecule has 0 aliphatic carbocycles. The Balaban J connectivity index is 3.89. The number of esters is 1. The third kappa shape index (κ3) is 8.49. The van der Waals surface area contributed by atoms with Crippen LogP contribution in [0.3, 0.4) is 0 Å². The van der Waals surface area contributed by atoms with E-state index >= 15 is 0 Å². The first-order valence-electron chi connectivity index (χ1n) is 5.25. The number of ether oxygens (including phenoxy) is 1. The summed E-state index contributed by atoms with van der Waals surface area (Å²) in [5.74, 6) is 2.45. The maximum Gasteiger partial charge on any atom is 0.513 e. The average Bonchev–Trinajstić information content (AvgIpc) is 2.14. The van der Waals surface area contributed by atoms with Crippen molar-refractivity contribution in [2.24, 2.45) is 0 Å². The molecule has 0 atom stereocenters. The molecule has 0 aliphatic rings. The van der Waals surface area contributed by atoms with Crippen molar-refractivity contribution in [1.29, 1.82) is 0 Å². The van der Waals surface area contributed by atoms with E-state index < -0.39 is 14.8 Å². The molecule has 1 N–H and O–H groups in total. The normalized spacial score (nSPS) is 11.7. The van der Waals surface area contributed by atoms with E-state index in [1.165, 1.54) is 6.08 Å². The van der Waals surface area contributed by atoms with Crippen LogP contribution >= 0.6 is 0 Å². The van der Waals surface area contributed by atoms with Gasteiger partial charge in [-0.2, -0.15) is 5.79 Å². The van der Waals surface area contributed by atoms with Crippen molar-refractivity contribution in [2.75, 3.05) is 13.2 Å². The van der Waals surface area contributed by atoms with Gasteiger partial charge < -0.3 is 17.1 Å². The molecule has 1 radical (unpaired) electrons. The molecule has 0 aliphatic heterocycles. The van der Waals surface area contributed by atoms with Crippen molar-refractivity contribution in [1.82, 2.24) is 0 Å². The van der Waals surface area contributed by atoms with Crippen LogP contribution in [0.1, 0.15) is 27.2 Å². The van der Waals surface area contributed by atoms with Gasteiger partial charge in [0.2, 0.25) is 0 Å². The van der Waals surface area contributed by atoms with Crippen molar-refractivity contribution in [2.45, 2.75) is 33.0 Å². The molecule has 0 aromatic heterocycles. The van der Waals surface area contributed by atoms with E-state index in [1.807, 2.05) is 12.7 Å². The Bertz CT molecular complexity index is 215. The van der Waals surface area contributed by atoms with Gasteiger partial charge in [0.15, 0.2) is 6.61 Å². The molecule has 0 heterocycles. The molecule has 15 heavy (non-hydrogen) atoms. The van der Waals surface area contributed by atoms with Crippen LogP contribution in [0.25, 0.3) is 0 Å². The summed E-state index contributed by atoms with van der Waals surface area (Å²) in [6.45, 7) is 6.80. The fraction of sp³-hybridized carbons (Fsp3) is 0.700. The minimum atomic E-state index is -1.60. The second kappa shape index (κ2) is 8.78. The molecule has 0 saturated heterocycles. The molecule has 0 bridgehead atoms. The van der Waals surface area contributed by atoms with Gasteiger partial charge >= 0.3 is 20.8 Å². The number of rotatable bonds is 7. The minimum absolute atomic E-state index is 0.119. The Morgan fingerprint density at radius 2 is 2.07 bits per heavy atom. The SMILES string of the molecule is CCC[O][Al-]([CH3])[O]C(C)=CC(=[OH+])OCC. The van der Waals surface area contributed by atoms with Gasteiger partial charge in [-0.25, -0.2) is 0 Å². The highest BCUT2D eigenvalue weighted by molar-refractivity contribution is 6.42. The van der Waals surface area contributed by atoms with E-state index in [0.717, 1.165) is 13.0 Å². The number of carbonyl (C=O) groups excluding carboxylic acids is 1. The van der Waals surface area contributed by atoms with Gasteiger partial charge in [0.1, 0.15) is 6.08 Å². The lowest BCUT2D eigenvalue weighted by Crippen LogP contribution is -2.18. The molecule has 0 rings (SSSR count). The zero-order chi connectivity index (χ0) is 11.7. The standard InChI is InChI=1S/C6H10O3.C3H7O.CH3.Al/c1-3-9-6(8)4-5(2)7;1-2-3-4;;/h4,7H,3H2,1-2H3;2-3H2,1H3;1H3;/q;-1;;+1. The van der Waals surface area contributed by atoms with Gasteiger partial charge in [-0.15, -0.1) is 0 Å². The lowest BCUT2D eigenvalue weighted by Gasteiger charge is -2.26. The summed E-state index contributed by atoms with van der Waals surface area (Å²) in [5.41, 5.74) is 0. The summed E-state index contributed by atoms with van der Waals surface area (Å²) in [7, 11) is 0. The van der Waals surface area contributed by atoms with E-state index in [9.17, 15) is 4.79 Å². The van der Waals surface area contributed by atoms with Gasteiger partial charge in [0.05, 0.1) is 0 Å². The van der Waals surface area contributed by atoms with Crippen molar-refractivity contribution in [3.05, 3.63) is 11.8 Å². The Hall–Kier alpha value is -0.498. The first-order chi connectivity index (χ1) is 7.10. The zero-order valence-corrected chi connectivity index (χ0v) is 11.1. The third-order valence-electron chi connectivity index (χ3n) is 1.53. The number of hydrogen-bond donors (Lipinski definition) is 0. The predicted molar refractivity (Wildman–Crippen MR) is 61.3 cm³/mol. The van der Waals surface area contributed by atoms with Crippen molar-refractivity contribution in [3.63, 3.8) is 0 Å². The van der Waals surface area contributed by atoms with E-state index in [-0.39, 0.29) is 5.97 Å². The molecule has 0 fully saturated rings. The highest BCUT2D eigenvalue weighted by atomic mass is 27.2. The van der Waals surface area contributed by atoms with Gasteiger partial charge in [0, 0.05) is 5.76 Å². The Labute approximate surface area is 96.3 Å². The van der Waals surface area contributed by atoms with E-state index in [4.69, 9.17) is 12.3 Å². The minimum Gasteiger partial charge on any atom is -0.799 e. The van der Waals surface area contributed by atoms with Crippen molar-refractivity contribution in [3.8, 4) is 0 Å². The van der Waals surface area contributed by atoms with Gasteiger partial charge in [-0.05, 0) is 26.9 Å². The molecule has 0 unspecified atom stereocenters. The first-order valence-corrected chi connectivity index (χ1v) is 7.35. The molecular weight excluding hydrogens is 211 g/mol. The van der Waals surface area contributed by atoms with Gasteiger partial charge in [0.25, 0.3) is 0 Å². The summed E-state index contributed by atoms with van der Waals surface area (Å²) in [6.07, 6.45) is 2.45. The molecular formula is C10H20AlO4. The molecule has 4 nitrogen and oxygen atoms in total. The Kier molecular flexibility index (Phi) is 8.49. The van der Waals surface area contributed by atoms with Crippen LogP contribution in [0.2, 0.25) is 5.79 Å². The van der Waals surface area contributed by atoms with E-state index in [2.05, 4.69) is 6.92 Å². The summed E-state index contributed by atoms with van der Waals surface area (Å²) in [6, 6.07) is 0. The predicted octanol–water partition coefficient (Wildman–Crippen LogP) is 1.99. The lowest BCUT2D eigenvalue weighted by molar-refractivity contribution is 0.240. The van der Waals surface area contributed by atoms with Crippen LogP contribution in [0, 0.1) is 0 Å². The molecule has 0 aromatic carbocycles. The summed E-state index contributed by atoms with van der Waals surface area (Å²) < 4.78 is 15.8.